The molecule has 0 aliphatic rings. The molecule has 0 aliphatic carbocycles. The van der Waals surface area contributed by atoms with E-state index < -0.39 is 17.6 Å². The van der Waals surface area contributed by atoms with Gasteiger partial charge in [0.25, 0.3) is 0 Å². The van der Waals surface area contributed by atoms with Gasteiger partial charge in [0.2, 0.25) is 0 Å². The summed E-state index contributed by atoms with van der Waals surface area (Å²) in [5, 5.41) is 18.0. The minimum atomic E-state index is -1.23. The summed E-state index contributed by atoms with van der Waals surface area (Å²) in [6.45, 7) is 2.93. The van der Waals surface area contributed by atoms with Gasteiger partial charge in [-0.15, -0.1) is 0 Å². The number of nitrogens with zero attached hydrogens (tertiary/aromatic N) is 1. The van der Waals surface area contributed by atoms with Crippen LogP contribution in [0.2, 0.25) is 0 Å². The average Bonchev–Trinajstić information content (AvgIpc) is 1.54. The van der Waals surface area contributed by atoms with E-state index in [1.807, 2.05) is 0 Å². The molecule has 5 heteroatoms. The van der Waals surface area contributed by atoms with Crippen LogP contribution in [0.1, 0.15) is 13.8 Å². The molecule has 0 saturated heterocycles. The lowest BCUT2D eigenvalue weighted by Crippen LogP contribution is -2.49. The minimum Gasteiger partial charge on any atom is -0.480 e. The van der Waals surface area contributed by atoms with Crippen molar-refractivity contribution in [3.05, 3.63) is 0 Å². The highest BCUT2D eigenvalue weighted by Crippen LogP contribution is 2.17. The third-order valence-corrected chi connectivity index (χ3v) is 1.61. The zero-order valence-electron chi connectivity index (χ0n) is 6.90. The molecule has 0 rings (SSSR count). The lowest BCUT2D eigenvalue weighted by atomic mass is 9.99. The maximum absolute atomic E-state index is 10.6. The molecule has 0 radical (unpaired) electrons. The molecule has 0 aromatic rings. The van der Waals surface area contributed by atoms with Gasteiger partial charge < -0.3 is 10.2 Å². The zero-order valence-corrected chi connectivity index (χ0v) is 8.06. The molecule has 1 unspecified atom stereocenters. The van der Waals surface area contributed by atoms with E-state index in [0.717, 1.165) is 0 Å². The molecular weight excluding hydrogens is 165 g/mol. The van der Waals surface area contributed by atoms with Crippen molar-refractivity contribution in [3.8, 4) is 0 Å². The van der Waals surface area contributed by atoms with Crippen molar-refractivity contribution in [2.24, 2.45) is 0 Å². The molecule has 0 bridgehead atoms. The molecule has 0 saturated carbocycles. The van der Waals surface area contributed by atoms with Gasteiger partial charge in [-0.3, -0.25) is 9.46 Å². The van der Waals surface area contributed by atoms with E-state index in [4.69, 9.17) is 5.11 Å². The van der Waals surface area contributed by atoms with Gasteiger partial charge in [-0.2, -0.15) is 0 Å². The summed E-state index contributed by atoms with van der Waals surface area (Å²) in [5.74, 6) is -1.03. The Labute approximate surface area is 68.5 Å². The SMILES string of the molecule is CN(P)[C@H](C(=O)O)C(C)(C)O. The lowest BCUT2D eigenvalue weighted by Gasteiger charge is -2.30. The summed E-state index contributed by atoms with van der Waals surface area (Å²) in [7, 11) is 3.81. The lowest BCUT2D eigenvalue weighted by molar-refractivity contribution is -0.148. The number of hydrogen-bond acceptors (Lipinski definition) is 3. The van der Waals surface area contributed by atoms with Crippen molar-refractivity contribution in [1.82, 2.24) is 4.67 Å². The highest BCUT2D eigenvalue weighted by Gasteiger charge is 2.35. The quantitative estimate of drug-likeness (QED) is 0.595. The van der Waals surface area contributed by atoms with Crippen LogP contribution in [-0.4, -0.2) is 39.5 Å². The number of carboxylic acids is 1. The van der Waals surface area contributed by atoms with Crippen molar-refractivity contribution in [2.45, 2.75) is 25.5 Å². The van der Waals surface area contributed by atoms with Gasteiger partial charge in [0.15, 0.2) is 0 Å². The molecule has 0 aromatic heterocycles. The fourth-order valence-corrected chi connectivity index (χ4v) is 1.47. The van der Waals surface area contributed by atoms with Crippen LogP contribution in [0.25, 0.3) is 0 Å². The summed E-state index contributed by atoms with van der Waals surface area (Å²) < 4.78 is 1.39. The third-order valence-electron chi connectivity index (χ3n) is 1.31. The van der Waals surface area contributed by atoms with E-state index in [-0.39, 0.29) is 0 Å². The third kappa shape index (κ3) is 3.14. The van der Waals surface area contributed by atoms with Crippen LogP contribution in [0.15, 0.2) is 0 Å². The maximum atomic E-state index is 10.6. The van der Waals surface area contributed by atoms with Crippen LogP contribution >= 0.6 is 9.39 Å². The average molecular weight is 179 g/mol. The normalized spacial score (nSPS) is 15.1. The summed E-state index contributed by atoms with van der Waals surface area (Å²) >= 11 is 0. The monoisotopic (exact) mass is 179 g/mol. The fourth-order valence-electron chi connectivity index (χ4n) is 0.975. The summed E-state index contributed by atoms with van der Waals surface area (Å²) in [4.78, 5) is 10.6. The number of aliphatic hydroxyl groups is 1. The zero-order chi connectivity index (χ0) is 9.23. The summed E-state index contributed by atoms with van der Waals surface area (Å²) in [6.07, 6.45) is 0. The Kier molecular flexibility index (Phi) is 3.42. The van der Waals surface area contributed by atoms with Gasteiger partial charge in [0, 0.05) is 0 Å². The van der Waals surface area contributed by atoms with Crippen LogP contribution in [0, 0.1) is 0 Å². The highest BCUT2D eigenvalue weighted by atomic mass is 31.0. The number of aliphatic carboxylic acids is 1. The Morgan fingerprint density at radius 3 is 2.00 bits per heavy atom. The largest absolute Gasteiger partial charge is 0.480 e. The molecule has 66 valence electrons. The van der Waals surface area contributed by atoms with E-state index in [0.29, 0.717) is 0 Å². The Morgan fingerprint density at radius 1 is 1.64 bits per heavy atom. The minimum absolute atomic E-state index is 0.896. The Bertz CT molecular complexity index is 152. The van der Waals surface area contributed by atoms with E-state index in [1.165, 1.54) is 18.5 Å². The predicted molar refractivity (Wildman–Crippen MR) is 45.2 cm³/mol. The smallest absolute Gasteiger partial charge is 0.324 e. The van der Waals surface area contributed by atoms with Crippen molar-refractivity contribution in [1.29, 1.82) is 0 Å². The second-order valence-electron chi connectivity index (χ2n) is 3.06. The van der Waals surface area contributed by atoms with Crippen LogP contribution in [-0.2, 0) is 4.79 Å². The molecule has 2 N–H and O–H groups in total. The molecular formula is C6H14NO3P. The number of carbonyl (C=O) groups is 1. The molecule has 4 nitrogen and oxygen atoms in total. The Hall–Kier alpha value is -0.180. The van der Waals surface area contributed by atoms with Gasteiger partial charge >= 0.3 is 5.97 Å². The second kappa shape index (κ2) is 3.48. The number of hydrogen-bond donors (Lipinski definition) is 2. The number of rotatable bonds is 3. The van der Waals surface area contributed by atoms with Crippen LogP contribution in [0.4, 0.5) is 0 Å². The standard InChI is InChI=1S/C6H14NO3P/c1-6(2,10)4(5(8)9)7(3)11/h4,10H,11H2,1-3H3,(H,8,9)/t4-/m1/s1. The molecule has 2 atom stereocenters. The predicted octanol–water partition coefficient (Wildman–Crippen LogP) is -0.0676. The first-order chi connectivity index (χ1) is 4.76. The number of carboxylic acid groups (broad SMARTS) is 1. The number of likely N-dealkylation sites (N-methyl/N-ethyl adjacent to an activating group) is 1. The fraction of sp³-hybridized carbons (Fsp3) is 0.833. The van der Waals surface area contributed by atoms with Crippen molar-refractivity contribution in [2.75, 3.05) is 7.05 Å². The van der Waals surface area contributed by atoms with Crippen LogP contribution < -0.4 is 0 Å². The van der Waals surface area contributed by atoms with E-state index in [2.05, 4.69) is 9.39 Å². The Morgan fingerprint density at radius 2 is 2.00 bits per heavy atom. The first kappa shape index (κ1) is 10.8. The van der Waals surface area contributed by atoms with Gasteiger partial charge in [-0.1, -0.05) is 9.39 Å². The summed E-state index contributed by atoms with van der Waals surface area (Å²) in [5.41, 5.74) is -1.23. The van der Waals surface area contributed by atoms with Gasteiger partial charge in [-0.25, -0.2) is 0 Å². The maximum Gasteiger partial charge on any atom is 0.324 e. The molecule has 0 amide bonds. The summed E-state index contributed by atoms with van der Waals surface area (Å²) in [6, 6.07) is -0.896. The molecule has 0 aromatic carbocycles. The highest BCUT2D eigenvalue weighted by molar-refractivity contribution is 7.13. The van der Waals surface area contributed by atoms with Gasteiger partial charge in [0.1, 0.15) is 6.04 Å². The van der Waals surface area contributed by atoms with E-state index >= 15 is 0 Å². The molecule has 0 spiro atoms. The topological polar surface area (TPSA) is 60.8 Å². The van der Waals surface area contributed by atoms with Crippen molar-refractivity contribution in [3.63, 3.8) is 0 Å². The van der Waals surface area contributed by atoms with Gasteiger partial charge in [0.05, 0.1) is 5.60 Å². The molecule has 0 aliphatic heterocycles. The van der Waals surface area contributed by atoms with Crippen molar-refractivity contribution >= 4 is 15.4 Å². The Balaban J connectivity index is 4.49. The van der Waals surface area contributed by atoms with Crippen molar-refractivity contribution < 1.29 is 15.0 Å². The first-order valence-electron chi connectivity index (χ1n) is 3.19. The van der Waals surface area contributed by atoms with E-state index in [1.54, 1.807) is 7.05 Å². The second-order valence-corrected chi connectivity index (χ2v) is 3.87. The molecule has 0 heterocycles. The van der Waals surface area contributed by atoms with E-state index in [9.17, 15) is 9.90 Å². The van der Waals surface area contributed by atoms with Crippen LogP contribution in [0.5, 0.6) is 0 Å². The first-order valence-corrected chi connectivity index (χ1v) is 3.71. The molecule has 0 fully saturated rings. The van der Waals surface area contributed by atoms with Gasteiger partial charge in [-0.05, 0) is 20.9 Å². The van der Waals surface area contributed by atoms with Crippen LogP contribution in [0.3, 0.4) is 0 Å². The molecule has 11 heavy (non-hydrogen) atoms.